The Hall–Kier alpha value is -0.960. The molecule has 2 aliphatic rings. The highest BCUT2D eigenvalue weighted by Crippen LogP contribution is 2.40. The first kappa shape index (κ1) is 13.0. The van der Waals surface area contributed by atoms with Crippen LogP contribution in [0.25, 0.3) is 0 Å². The molecule has 104 valence electrons. The third kappa shape index (κ3) is 2.97. The van der Waals surface area contributed by atoms with E-state index < -0.39 is 0 Å². The molecule has 0 aliphatic heterocycles. The van der Waals surface area contributed by atoms with E-state index >= 15 is 0 Å². The monoisotopic (exact) mass is 265 g/mol. The number of hydrogen-bond donors (Lipinski definition) is 1. The molecule has 0 aromatic heterocycles. The van der Waals surface area contributed by atoms with Crippen molar-refractivity contribution in [2.75, 3.05) is 6.54 Å². The zero-order valence-corrected chi connectivity index (χ0v) is 11.2. The Bertz CT molecular complexity index is 422. The van der Waals surface area contributed by atoms with Crippen molar-refractivity contribution in [3.05, 3.63) is 35.4 Å². The lowest BCUT2D eigenvalue weighted by Gasteiger charge is -2.32. The first-order valence-corrected chi connectivity index (χ1v) is 7.43. The molecular weight excluding hydrogens is 244 g/mol. The van der Waals surface area contributed by atoms with Crippen LogP contribution < -0.4 is 5.32 Å². The number of rotatable bonds is 4. The largest absolute Gasteiger partial charge is 0.314 e. The van der Waals surface area contributed by atoms with Gasteiger partial charge in [0, 0.05) is 11.6 Å². The van der Waals surface area contributed by atoms with Crippen LogP contribution in [0, 0.1) is 17.6 Å². The van der Waals surface area contributed by atoms with Crippen molar-refractivity contribution in [3.8, 4) is 0 Å². The van der Waals surface area contributed by atoms with Crippen molar-refractivity contribution in [3.63, 3.8) is 0 Å². The van der Waals surface area contributed by atoms with Crippen molar-refractivity contribution in [1.82, 2.24) is 5.32 Å². The SMILES string of the molecule is Fc1cccc(F)c1C1CCCCC1CNC1CC1. The maximum absolute atomic E-state index is 14.0. The summed E-state index contributed by atoms with van der Waals surface area (Å²) in [7, 11) is 0. The van der Waals surface area contributed by atoms with Gasteiger partial charge in [0.15, 0.2) is 0 Å². The molecule has 3 heteroatoms. The Balaban J connectivity index is 1.78. The van der Waals surface area contributed by atoms with Crippen molar-refractivity contribution < 1.29 is 8.78 Å². The topological polar surface area (TPSA) is 12.0 Å². The van der Waals surface area contributed by atoms with E-state index in [0.717, 1.165) is 25.8 Å². The number of hydrogen-bond acceptors (Lipinski definition) is 1. The van der Waals surface area contributed by atoms with Gasteiger partial charge in [0.25, 0.3) is 0 Å². The van der Waals surface area contributed by atoms with Crippen LogP contribution in [0.4, 0.5) is 8.78 Å². The van der Waals surface area contributed by atoms with Gasteiger partial charge in [0.1, 0.15) is 11.6 Å². The van der Waals surface area contributed by atoms with E-state index in [1.165, 1.54) is 37.5 Å². The predicted octanol–water partition coefficient (Wildman–Crippen LogP) is 3.99. The Kier molecular flexibility index (Phi) is 3.83. The van der Waals surface area contributed by atoms with Crippen molar-refractivity contribution in [2.45, 2.75) is 50.5 Å². The average molecular weight is 265 g/mol. The molecule has 1 aromatic carbocycles. The van der Waals surface area contributed by atoms with Crippen LogP contribution in [0.15, 0.2) is 18.2 Å². The molecule has 2 saturated carbocycles. The normalized spacial score (nSPS) is 27.5. The van der Waals surface area contributed by atoms with Crippen LogP contribution in [-0.2, 0) is 0 Å². The van der Waals surface area contributed by atoms with E-state index in [2.05, 4.69) is 5.32 Å². The molecule has 0 saturated heterocycles. The smallest absolute Gasteiger partial charge is 0.129 e. The third-order valence-corrected chi connectivity index (χ3v) is 4.53. The van der Waals surface area contributed by atoms with Gasteiger partial charge in [-0.3, -0.25) is 0 Å². The molecular formula is C16H21F2N. The zero-order valence-electron chi connectivity index (χ0n) is 11.2. The molecule has 1 aromatic rings. The molecule has 1 nitrogen and oxygen atoms in total. The molecule has 3 rings (SSSR count). The first-order chi connectivity index (χ1) is 9.25. The predicted molar refractivity (Wildman–Crippen MR) is 72.1 cm³/mol. The summed E-state index contributed by atoms with van der Waals surface area (Å²) in [5.41, 5.74) is 0.324. The van der Waals surface area contributed by atoms with Crippen LogP contribution >= 0.6 is 0 Å². The quantitative estimate of drug-likeness (QED) is 0.868. The molecule has 2 fully saturated rings. The minimum absolute atomic E-state index is 0.0428. The van der Waals surface area contributed by atoms with Gasteiger partial charge in [-0.2, -0.15) is 0 Å². The summed E-state index contributed by atoms with van der Waals surface area (Å²) < 4.78 is 27.9. The maximum Gasteiger partial charge on any atom is 0.129 e. The summed E-state index contributed by atoms with van der Waals surface area (Å²) >= 11 is 0. The fraction of sp³-hybridized carbons (Fsp3) is 0.625. The van der Waals surface area contributed by atoms with Gasteiger partial charge in [-0.25, -0.2) is 8.78 Å². The zero-order chi connectivity index (χ0) is 13.2. The molecule has 0 bridgehead atoms. The molecule has 2 atom stereocenters. The van der Waals surface area contributed by atoms with Gasteiger partial charge in [-0.1, -0.05) is 18.9 Å². The van der Waals surface area contributed by atoms with Gasteiger partial charge < -0.3 is 5.32 Å². The Labute approximate surface area is 113 Å². The highest BCUT2D eigenvalue weighted by atomic mass is 19.1. The van der Waals surface area contributed by atoms with Crippen LogP contribution in [0.5, 0.6) is 0 Å². The van der Waals surface area contributed by atoms with E-state index in [1.807, 2.05) is 0 Å². The Morgan fingerprint density at radius 2 is 1.68 bits per heavy atom. The van der Waals surface area contributed by atoms with Crippen molar-refractivity contribution in [1.29, 1.82) is 0 Å². The van der Waals surface area contributed by atoms with E-state index in [0.29, 0.717) is 17.5 Å². The van der Waals surface area contributed by atoms with Gasteiger partial charge in [0.2, 0.25) is 0 Å². The van der Waals surface area contributed by atoms with Crippen LogP contribution in [0.2, 0.25) is 0 Å². The second-order valence-corrected chi connectivity index (χ2v) is 5.97. The van der Waals surface area contributed by atoms with Crippen molar-refractivity contribution in [2.24, 2.45) is 5.92 Å². The average Bonchev–Trinajstić information content (AvgIpc) is 3.21. The lowest BCUT2D eigenvalue weighted by molar-refractivity contribution is 0.283. The molecule has 0 amide bonds. The number of benzene rings is 1. The molecule has 2 unspecified atom stereocenters. The second-order valence-electron chi connectivity index (χ2n) is 5.97. The van der Waals surface area contributed by atoms with E-state index in [-0.39, 0.29) is 17.6 Å². The first-order valence-electron chi connectivity index (χ1n) is 7.43. The van der Waals surface area contributed by atoms with Crippen LogP contribution in [0.1, 0.15) is 50.0 Å². The Morgan fingerprint density at radius 1 is 1.00 bits per heavy atom. The number of halogens is 2. The summed E-state index contributed by atoms with van der Waals surface area (Å²) in [6.45, 7) is 0.906. The van der Waals surface area contributed by atoms with Crippen LogP contribution in [0.3, 0.4) is 0 Å². The minimum Gasteiger partial charge on any atom is -0.314 e. The second kappa shape index (κ2) is 5.58. The molecule has 0 radical (unpaired) electrons. The fourth-order valence-corrected chi connectivity index (χ4v) is 3.30. The highest BCUT2D eigenvalue weighted by Gasteiger charge is 2.32. The lowest BCUT2D eigenvalue weighted by atomic mass is 9.75. The van der Waals surface area contributed by atoms with Crippen LogP contribution in [-0.4, -0.2) is 12.6 Å². The summed E-state index contributed by atoms with van der Waals surface area (Å²) in [5, 5.41) is 3.52. The van der Waals surface area contributed by atoms with Gasteiger partial charge in [-0.15, -0.1) is 0 Å². The molecule has 1 N–H and O–H groups in total. The summed E-state index contributed by atoms with van der Waals surface area (Å²) in [4.78, 5) is 0. The van der Waals surface area contributed by atoms with E-state index in [9.17, 15) is 8.78 Å². The Morgan fingerprint density at radius 3 is 2.37 bits per heavy atom. The van der Waals surface area contributed by atoms with Gasteiger partial charge in [0.05, 0.1) is 0 Å². The fourth-order valence-electron chi connectivity index (χ4n) is 3.30. The molecule has 0 heterocycles. The lowest BCUT2D eigenvalue weighted by Crippen LogP contribution is -2.31. The number of nitrogens with one attached hydrogen (secondary N) is 1. The molecule has 2 aliphatic carbocycles. The summed E-state index contributed by atoms with van der Waals surface area (Å²) in [6, 6.07) is 4.89. The standard InChI is InChI=1S/C16H21F2N/c17-14-6-3-7-15(18)16(14)13-5-2-1-4-11(13)10-19-12-8-9-12/h3,6-7,11-13,19H,1-2,4-5,8-10H2. The third-order valence-electron chi connectivity index (χ3n) is 4.53. The summed E-state index contributed by atoms with van der Waals surface area (Å²) in [5.74, 6) is -0.325. The molecule has 0 spiro atoms. The van der Waals surface area contributed by atoms with Gasteiger partial charge in [-0.05, 0) is 56.2 Å². The van der Waals surface area contributed by atoms with E-state index in [1.54, 1.807) is 0 Å². The highest BCUT2D eigenvalue weighted by molar-refractivity contribution is 5.25. The molecule has 19 heavy (non-hydrogen) atoms. The van der Waals surface area contributed by atoms with E-state index in [4.69, 9.17) is 0 Å². The maximum atomic E-state index is 14.0. The summed E-state index contributed by atoms with van der Waals surface area (Å²) in [6.07, 6.45) is 6.77. The van der Waals surface area contributed by atoms with Gasteiger partial charge >= 0.3 is 0 Å². The minimum atomic E-state index is -0.372. The van der Waals surface area contributed by atoms with Crippen molar-refractivity contribution >= 4 is 0 Å².